The van der Waals surface area contributed by atoms with Crippen LogP contribution in [-0.2, 0) is 4.79 Å². The van der Waals surface area contributed by atoms with Gasteiger partial charge in [0.1, 0.15) is 11.6 Å². The first kappa shape index (κ1) is 14.5. The molecule has 0 radical (unpaired) electrons. The van der Waals surface area contributed by atoms with E-state index in [1.54, 1.807) is 20.2 Å². The third-order valence-corrected chi connectivity index (χ3v) is 3.08. The van der Waals surface area contributed by atoms with Gasteiger partial charge in [-0.25, -0.2) is 4.39 Å². The van der Waals surface area contributed by atoms with Crippen LogP contribution in [0.5, 0.6) is 5.75 Å². The number of hydrogen-bond acceptors (Lipinski definition) is 2. The molecule has 1 unspecified atom stereocenters. The summed E-state index contributed by atoms with van der Waals surface area (Å²) in [6.07, 6.45) is 0.327. The summed E-state index contributed by atoms with van der Waals surface area (Å²) >= 11 is 0. The van der Waals surface area contributed by atoms with Crippen LogP contribution >= 0.6 is 0 Å². The van der Waals surface area contributed by atoms with Gasteiger partial charge in [-0.2, -0.15) is 0 Å². The van der Waals surface area contributed by atoms with Gasteiger partial charge in [-0.15, -0.1) is 0 Å². The van der Waals surface area contributed by atoms with Crippen LogP contribution in [0.4, 0.5) is 4.39 Å². The van der Waals surface area contributed by atoms with Crippen LogP contribution in [0.25, 0.3) is 0 Å². The Morgan fingerprint density at radius 1 is 1.44 bits per heavy atom. The molecule has 0 fully saturated rings. The molecule has 0 bridgehead atoms. The number of rotatable bonds is 5. The fourth-order valence-electron chi connectivity index (χ4n) is 2.00. The summed E-state index contributed by atoms with van der Waals surface area (Å²) in [4.78, 5) is 11.5. The van der Waals surface area contributed by atoms with Crippen molar-refractivity contribution in [2.24, 2.45) is 5.92 Å². The van der Waals surface area contributed by atoms with Gasteiger partial charge in [0.15, 0.2) is 0 Å². The van der Waals surface area contributed by atoms with Gasteiger partial charge in [0, 0.05) is 19.0 Å². The molecule has 4 heteroatoms. The lowest BCUT2D eigenvalue weighted by molar-refractivity contribution is -0.121. The summed E-state index contributed by atoms with van der Waals surface area (Å²) in [5, 5.41) is 2.60. The first-order valence-electron chi connectivity index (χ1n) is 6.03. The number of methoxy groups -OCH3 is 1. The van der Waals surface area contributed by atoms with Gasteiger partial charge in [-0.05, 0) is 30.0 Å². The molecular weight excluding hydrogens is 233 g/mol. The first-order chi connectivity index (χ1) is 8.49. The average molecular weight is 253 g/mol. The summed E-state index contributed by atoms with van der Waals surface area (Å²) < 4.78 is 18.6. The Morgan fingerprint density at radius 2 is 2.11 bits per heavy atom. The quantitative estimate of drug-likeness (QED) is 0.876. The van der Waals surface area contributed by atoms with E-state index in [9.17, 15) is 9.18 Å². The number of nitrogens with one attached hydrogen (secondary N) is 1. The van der Waals surface area contributed by atoms with Crippen molar-refractivity contribution in [1.82, 2.24) is 5.32 Å². The molecular formula is C14H20FNO2. The number of hydrogen-bond donors (Lipinski definition) is 1. The van der Waals surface area contributed by atoms with Crippen molar-refractivity contribution in [2.75, 3.05) is 14.2 Å². The molecule has 0 saturated heterocycles. The summed E-state index contributed by atoms with van der Waals surface area (Å²) in [6, 6.07) is 4.41. The van der Waals surface area contributed by atoms with Gasteiger partial charge in [-0.1, -0.05) is 13.8 Å². The van der Waals surface area contributed by atoms with Crippen molar-refractivity contribution in [3.8, 4) is 5.75 Å². The predicted molar refractivity (Wildman–Crippen MR) is 69.2 cm³/mol. The number of amides is 1. The highest BCUT2D eigenvalue weighted by Gasteiger charge is 2.22. The monoisotopic (exact) mass is 253 g/mol. The molecule has 1 N–H and O–H groups in total. The maximum absolute atomic E-state index is 13.4. The van der Waals surface area contributed by atoms with E-state index in [1.807, 2.05) is 13.8 Å². The Balaban J connectivity index is 3.12. The normalized spacial score (nSPS) is 12.3. The van der Waals surface area contributed by atoms with E-state index in [4.69, 9.17) is 4.74 Å². The van der Waals surface area contributed by atoms with Gasteiger partial charge in [-0.3, -0.25) is 4.79 Å². The highest BCUT2D eigenvalue weighted by molar-refractivity contribution is 5.76. The Hall–Kier alpha value is -1.58. The third kappa shape index (κ3) is 3.45. The summed E-state index contributed by atoms with van der Waals surface area (Å²) in [5.74, 6) is 0.418. The smallest absolute Gasteiger partial charge is 0.220 e. The molecule has 0 aliphatic rings. The molecule has 1 aromatic rings. The lowest BCUT2D eigenvalue weighted by atomic mass is 9.85. The van der Waals surface area contributed by atoms with Crippen LogP contribution in [0, 0.1) is 11.7 Å². The van der Waals surface area contributed by atoms with Gasteiger partial charge in [0.25, 0.3) is 0 Å². The van der Waals surface area contributed by atoms with Crippen LogP contribution < -0.4 is 10.1 Å². The minimum Gasteiger partial charge on any atom is -0.496 e. The van der Waals surface area contributed by atoms with Gasteiger partial charge >= 0.3 is 0 Å². The van der Waals surface area contributed by atoms with Crippen molar-refractivity contribution < 1.29 is 13.9 Å². The maximum atomic E-state index is 13.4. The third-order valence-electron chi connectivity index (χ3n) is 3.08. The van der Waals surface area contributed by atoms with Crippen molar-refractivity contribution in [1.29, 1.82) is 0 Å². The van der Waals surface area contributed by atoms with E-state index in [2.05, 4.69) is 5.32 Å². The van der Waals surface area contributed by atoms with E-state index in [0.29, 0.717) is 12.2 Å². The van der Waals surface area contributed by atoms with E-state index < -0.39 is 0 Å². The molecule has 0 aliphatic heterocycles. The zero-order valence-corrected chi connectivity index (χ0v) is 11.3. The second-order valence-electron chi connectivity index (χ2n) is 4.61. The predicted octanol–water partition coefficient (Wildman–Crippen LogP) is 2.71. The summed E-state index contributed by atoms with van der Waals surface area (Å²) in [6.45, 7) is 4.02. The molecule has 18 heavy (non-hydrogen) atoms. The SMILES string of the molecule is CNC(=O)CC(c1cc(F)ccc1OC)C(C)C. The van der Waals surface area contributed by atoms with Crippen LogP contribution in [-0.4, -0.2) is 20.1 Å². The Labute approximate surface area is 107 Å². The number of carbonyl (C=O) groups excluding carboxylic acids is 1. The molecule has 0 spiro atoms. The number of benzene rings is 1. The maximum Gasteiger partial charge on any atom is 0.220 e. The zero-order valence-electron chi connectivity index (χ0n) is 11.3. The second kappa shape index (κ2) is 6.38. The van der Waals surface area contributed by atoms with Crippen LogP contribution in [0.1, 0.15) is 31.7 Å². The number of ether oxygens (including phenoxy) is 1. The fraction of sp³-hybridized carbons (Fsp3) is 0.500. The minimum absolute atomic E-state index is 0.0555. The van der Waals surface area contributed by atoms with E-state index in [-0.39, 0.29) is 23.6 Å². The lowest BCUT2D eigenvalue weighted by Crippen LogP contribution is -2.23. The lowest BCUT2D eigenvalue weighted by Gasteiger charge is -2.22. The topological polar surface area (TPSA) is 38.3 Å². The van der Waals surface area contributed by atoms with Crippen molar-refractivity contribution in [3.63, 3.8) is 0 Å². The number of halogens is 1. The van der Waals surface area contributed by atoms with Crippen molar-refractivity contribution in [3.05, 3.63) is 29.6 Å². The van der Waals surface area contributed by atoms with E-state index >= 15 is 0 Å². The van der Waals surface area contributed by atoms with Crippen molar-refractivity contribution >= 4 is 5.91 Å². The largest absolute Gasteiger partial charge is 0.496 e. The highest BCUT2D eigenvalue weighted by Crippen LogP contribution is 2.34. The summed E-state index contributed by atoms with van der Waals surface area (Å²) in [7, 11) is 3.15. The molecule has 1 rings (SSSR count). The van der Waals surface area contributed by atoms with Crippen LogP contribution in [0.2, 0.25) is 0 Å². The minimum atomic E-state index is -0.312. The Morgan fingerprint density at radius 3 is 2.61 bits per heavy atom. The molecule has 100 valence electrons. The van der Waals surface area contributed by atoms with E-state index in [0.717, 1.165) is 5.56 Å². The summed E-state index contributed by atoms with van der Waals surface area (Å²) in [5.41, 5.74) is 0.746. The molecule has 1 aromatic carbocycles. The molecule has 1 amide bonds. The average Bonchev–Trinajstić information content (AvgIpc) is 2.35. The highest BCUT2D eigenvalue weighted by atomic mass is 19.1. The van der Waals surface area contributed by atoms with E-state index in [1.165, 1.54) is 12.1 Å². The molecule has 3 nitrogen and oxygen atoms in total. The Kier molecular flexibility index (Phi) is 5.13. The molecule has 0 aromatic heterocycles. The first-order valence-corrected chi connectivity index (χ1v) is 6.03. The molecule has 0 aliphatic carbocycles. The van der Waals surface area contributed by atoms with Gasteiger partial charge in [0.2, 0.25) is 5.91 Å². The molecule has 0 saturated carbocycles. The standard InChI is InChI=1S/C14H20FNO2/c1-9(2)11(8-14(17)16-3)12-7-10(15)5-6-13(12)18-4/h5-7,9,11H,8H2,1-4H3,(H,16,17). The van der Waals surface area contributed by atoms with Crippen LogP contribution in [0.3, 0.4) is 0 Å². The zero-order chi connectivity index (χ0) is 13.7. The second-order valence-corrected chi connectivity index (χ2v) is 4.61. The van der Waals surface area contributed by atoms with Crippen molar-refractivity contribution in [2.45, 2.75) is 26.2 Å². The molecule has 1 atom stereocenters. The van der Waals surface area contributed by atoms with Gasteiger partial charge in [0.05, 0.1) is 7.11 Å². The van der Waals surface area contributed by atoms with Crippen LogP contribution in [0.15, 0.2) is 18.2 Å². The fourth-order valence-corrected chi connectivity index (χ4v) is 2.00. The molecule has 0 heterocycles. The Bertz CT molecular complexity index is 418. The number of carbonyl (C=O) groups is 1. The van der Waals surface area contributed by atoms with Gasteiger partial charge < -0.3 is 10.1 Å².